The number of amides is 1. The van der Waals surface area contributed by atoms with Gasteiger partial charge in [-0.2, -0.15) is 0 Å². The van der Waals surface area contributed by atoms with Gasteiger partial charge in [-0.1, -0.05) is 48.0 Å². The van der Waals surface area contributed by atoms with Crippen molar-refractivity contribution in [2.75, 3.05) is 31.1 Å². The van der Waals surface area contributed by atoms with E-state index in [1.54, 1.807) is 17.4 Å². The largest absolute Gasteiger partial charge is 0.368 e. The van der Waals surface area contributed by atoms with Gasteiger partial charge in [-0.15, -0.1) is 11.3 Å². The quantitative estimate of drug-likeness (QED) is 0.600. The van der Waals surface area contributed by atoms with Crippen molar-refractivity contribution in [1.82, 2.24) is 4.90 Å². The van der Waals surface area contributed by atoms with Crippen LogP contribution in [0.2, 0.25) is 5.02 Å². The monoisotopic (exact) mass is 382 g/mol. The molecule has 0 spiro atoms. The second kappa shape index (κ2) is 7.52. The first-order valence-corrected chi connectivity index (χ1v) is 9.86. The van der Waals surface area contributed by atoms with Gasteiger partial charge < -0.3 is 9.80 Å². The molecule has 1 saturated heterocycles. The zero-order valence-electron chi connectivity index (χ0n) is 14.3. The van der Waals surface area contributed by atoms with Crippen LogP contribution in [0.5, 0.6) is 0 Å². The number of hydrogen-bond acceptors (Lipinski definition) is 3. The fourth-order valence-corrected chi connectivity index (χ4v) is 4.62. The molecule has 0 radical (unpaired) electrons. The highest BCUT2D eigenvalue weighted by molar-refractivity contribution is 7.20. The number of benzene rings is 2. The Morgan fingerprint density at radius 2 is 1.65 bits per heavy atom. The molecule has 1 aliphatic heterocycles. The third kappa shape index (κ3) is 3.48. The number of thiophene rings is 1. The lowest BCUT2D eigenvalue weighted by Gasteiger charge is -2.35. The van der Waals surface area contributed by atoms with Crippen LogP contribution >= 0.6 is 22.9 Å². The van der Waals surface area contributed by atoms with Crippen molar-refractivity contribution in [3.63, 3.8) is 0 Å². The Morgan fingerprint density at radius 3 is 2.38 bits per heavy atom. The van der Waals surface area contributed by atoms with E-state index in [1.807, 2.05) is 53.4 Å². The van der Waals surface area contributed by atoms with Crippen molar-refractivity contribution in [1.29, 1.82) is 0 Å². The van der Waals surface area contributed by atoms with Crippen LogP contribution in [-0.2, 0) is 4.79 Å². The van der Waals surface area contributed by atoms with Gasteiger partial charge in [0, 0.05) is 52.9 Å². The summed E-state index contributed by atoms with van der Waals surface area (Å²) in [6, 6.07) is 18.4. The van der Waals surface area contributed by atoms with E-state index in [4.69, 9.17) is 11.6 Å². The van der Waals surface area contributed by atoms with Gasteiger partial charge in [-0.05, 0) is 24.3 Å². The fourth-order valence-electron chi connectivity index (χ4n) is 3.22. The SMILES string of the molecule is O=C(C=Cc1sc2ccccc2c1Cl)N1CCN(c2ccccc2)CC1. The maximum atomic E-state index is 12.5. The number of hydrogen-bond donors (Lipinski definition) is 0. The van der Waals surface area contributed by atoms with E-state index in [2.05, 4.69) is 17.0 Å². The summed E-state index contributed by atoms with van der Waals surface area (Å²) in [5, 5.41) is 1.77. The molecule has 1 aliphatic rings. The molecule has 132 valence electrons. The summed E-state index contributed by atoms with van der Waals surface area (Å²) in [6.07, 6.45) is 3.49. The van der Waals surface area contributed by atoms with Crippen LogP contribution in [0, 0.1) is 0 Å². The molecule has 0 N–H and O–H groups in total. The van der Waals surface area contributed by atoms with E-state index < -0.39 is 0 Å². The van der Waals surface area contributed by atoms with Crippen molar-refractivity contribution < 1.29 is 4.79 Å². The van der Waals surface area contributed by atoms with Gasteiger partial charge in [0.15, 0.2) is 0 Å². The van der Waals surface area contributed by atoms with E-state index >= 15 is 0 Å². The molecule has 2 aromatic carbocycles. The lowest BCUT2D eigenvalue weighted by atomic mass is 10.2. The third-order valence-corrected chi connectivity index (χ3v) is 6.31. The zero-order chi connectivity index (χ0) is 17.9. The summed E-state index contributed by atoms with van der Waals surface area (Å²) >= 11 is 8.05. The van der Waals surface area contributed by atoms with Gasteiger partial charge in [-0.25, -0.2) is 0 Å². The molecule has 1 aromatic heterocycles. The molecule has 2 heterocycles. The van der Waals surface area contributed by atoms with Crippen molar-refractivity contribution in [3.8, 4) is 0 Å². The summed E-state index contributed by atoms with van der Waals surface area (Å²) in [6.45, 7) is 3.18. The molecule has 1 amide bonds. The average Bonchev–Trinajstić information content (AvgIpc) is 3.03. The second-order valence-corrected chi connectivity index (χ2v) is 7.72. The first kappa shape index (κ1) is 17.1. The molecular weight excluding hydrogens is 364 g/mol. The van der Waals surface area contributed by atoms with Gasteiger partial charge >= 0.3 is 0 Å². The minimum atomic E-state index is 0.0474. The molecule has 3 nitrogen and oxygen atoms in total. The Morgan fingerprint density at radius 1 is 0.962 bits per heavy atom. The van der Waals surface area contributed by atoms with E-state index in [-0.39, 0.29) is 5.91 Å². The zero-order valence-corrected chi connectivity index (χ0v) is 15.8. The number of carbonyl (C=O) groups is 1. The number of anilines is 1. The normalized spacial score (nSPS) is 15.1. The number of piperazine rings is 1. The third-order valence-electron chi connectivity index (χ3n) is 4.65. The summed E-state index contributed by atoms with van der Waals surface area (Å²) in [7, 11) is 0. The number of carbonyl (C=O) groups excluding carboxylic acids is 1. The van der Waals surface area contributed by atoms with E-state index in [0.29, 0.717) is 0 Å². The summed E-state index contributed by atoms with van der Waals surface area (Å²) < 4.78 is 1.14. The molecular formula is C21H19ClN2OS. The molecule has 0 aliphatic carbocycles. The van der Waals surface area contributed by atoms with Crippen LogP contribution in [0.4, 0.5) is 5.69 Å². The topological polar surface area (TPSA) is 23.6 Å². The molecule has 0 saturated carbocycles. The minimum Gasteiger partial charge on any atom is -0.368 e. The molecule has 5 heteroatoms. The Kier molecular flexibility index (Phi) is 4.96. The Bertz CT molecular complexity index is 943. The predicted octanol–water partition coefficient (Wildman–Crippen LogP) is 4.92. The van der Waals surface area contributed by atoms with Gasteiger partial charge in [0.25, 0.3) is 0 Å². The number of fused-ring (bicyclic) bond motifs is 1. The number of nitrogens with zero attached hydrogens (tertiary/aromatic N) is 2. The van der Waals surface area contributed by atoms with Crippen molar-refractivity contribution >= 4 is 50.7 Å². The van der Waals surface area contributed by atoms with Crippen LogP contribution in [0.1, 0.15) is 4.88 Å². The first-order valence-electron chi connectivity index (χ1n) is 8.66. The summed E-state index contributed by atoms with van der Waals surface area (Å²) in [4.78, 5) is 17.7. The molecule has 3 aromatic rings. The molecule has 0 atom stereocenters. The van der Waals surface area contributed by atoms with Crippen molar-refractivity contribution in [3.05, 3.63) is 70.6 Å². The van der Waals surface area contributed by atoms with Crippen molar-refractivity contribution in [2.45, 2.75) is 0 Å². The van der Waals surface area contributed by atoms with Gasteiger partial charge in [0.1, 0.15) is 0 Å². The average molecular weight is 383 g/mol. The highest BCUT2D eigenvalue weighted by atomic mass is 35.5. The van der Waals surface area contributed by atoms with Crippen LogP contribution in [0.15, 0.2) is 60.7 Å². The van der Waals surface area contributed by atoms with Gasteiger partial charge in [-0.3, -0.25) is 4.79 Å². The highest BCUT2D eigenvalue weighted by Crippen LogP contribution is 2.35. The highest BCUT2D eigenvalue weighted by Gasteiger charge is 2.19. The smallest absolute Gasteiger partial charge is 0.246 e. The lowest BCUT2D eigenvalue weighted by Crippen LogP contribution is -2.48. The summed E-state index contributed by atoms with van der Waals surface area (Å²) in [5.41, 5.74) is 1.21. The predicted molar refractivity (Wildman–Crippen MR) is 111 cm³/mol. The van der Waals surface area contributed by atoms with E-state index in [9.17, 15) is 4.79 Å². The van der Waals surface area contributed by atoms with Crippen LogP contribution in [0.25, 0.3) is 16.2 Å². The molecule has 4 rings (SSSR count). The van der Waals surface area contributed by atoms with E-state index in [0.717, 1.165) is 46.2 Å². The Hall–Kier alpha value is -2.30. The minimum absolute atomic E-state index is 0.0474. The van der Waals surface area contributed by atoms with Gasteiger partial charge in [0.05, 0.1) is 5.02 Å². The maximum absolute atomic E-state index is 12.5. The van der Waals surface area contributed by atoms with Crippen molar-refractivity contribution in [2.24, 2.45) is 0 Å². The summed E-state index contributed by atoms with van der Waals surface area (Å²) in [5.74, 6) is 0.0474. The molecule has 1 fully saturated rings. The van der Waals surface area contributed by atoms with Gasteiger partial charge in [0.2, 0.25) is 5.91 Å². The standard InChI is InChI=1S/C21H19ClN2OS/c22-21-17-8-4-5-9-18(17)26-19(21)10-11-20(25)24-14-12-23(13-15-24)16-6-2-1-3-7-16/h1-11H,12-15H2. The van der Waals surface area contributed by atoms with Crippen LogP contribution in [0.3, 0.4) is 0 Å². The number of rotatable bonds is 3. The molecule has 0 bridgehead atoms. The lowest BCUT2D eigenvalue weighted by molar-refractivity contribution is -0.126. The second-order valence-electron chi connectivity index (χ2n) is 6.26. The Labute approximate surface area is 162 Å². The molecule has 26 heavy (non-hydrogen) atoms. The van der Waals surface area contributed by atoms with Crippen LogP contribution < -0.4 is 4.90 Å². The van der Waals surface area contributed by atoms with E-state index in [1.165, 1.54) is 5.69 Å². The molecule has 0 unspecified atom stereocenters. The number of para-hydroxylation sites is 1. The number of halogens is 1. The maximum Gasteiger partial charge on any atom is 0.246 e. The first-order chi connectivity index (χ1) is 12.7. The van der Waals surface area contributed by atoms with Crippen LogP contribution in [-0.4, -0.2) is 37.0 Å². The fraction of sp³-hybridized carbons (Fsp3) is 0.190. The Balaban J connectivity index is 1.41.